The molecule has 4 rings (SSSR count). The lowest BCUT2D eigenvalue weighted by molar-refractivity contribution is -0.140. The minimum atomic E-state index is -1.05. The molecule has 0 saturated heterocycles. The summed E-state index contributed by atoms with van der Waals surface area (Å²) in [6.07, 6.45) is -0.311. The first-order valence-corrected chi connectivity index (χ1v) is 16.4. The zero-order valence-electron chi connectivity index (χ0n) is 28.4. The number of rotatable bonds is 13. The van der Waals surface area contributed by atoms with Crippen LogP contribution in [0.5, 0.6) is 5.75 Å². The lowest BCUT2D eigenvalue weighted by Gasteiger charge is -2.34. The Morgan fingerprint density at radius 1 is 0.771 bits per heavy atom. The van der Waals surface area contributed by atoms with Crippen LogP contribution in [0.1, 0.15) is 61.2 Å². The van der Waals surface area contributed by atoms with Gasteiger partial charge in [-0.25, -0.2) is 0 Å². The zero-order valence-corrected chi connectivity index (χ0v) is 28.4. The molecule has 8 heteroatoms. The molecule has 4 aromatic carbocycles. The molecule has 0 fully saturated rings. The Balaban J connectivity index is 1.56. The van der Waals surface area contributed by atoms with Gasteiger partial charge in [0, 0.05) is 36.6 Å². The summed E-state index contributed by atoms with van der Waals surface area (Å²) in [6.45, 7) is 8.86. The molecule has 0 spiro atoms. The normalized spacial score (nSPS) is 13.2. The van der Waals surface area contributed by atoms with Gasteiger partial charge in [0.1, 0.15) is 11.8 Å². The van der Waals surface area contributed by atoms with Crippen LogP contribution in [0.25, 0.3) is 11.1 Å². The lowest BCUT2D eigenvalue weighted by Crippen LogP contribution is -2.55. The van der Waals surface area contributed by atoms with Crippen LogP contribution in [-0.2, 0) is 22.4 Å². The number of phenolic OH excluding ortho intramolecular Hbond substituents is 1. The summed E-state index contributed by atoms with van der Waals surface area (Å²) in [4.78, 5) is 41.8. The number of carbonyl (C=O) groups excluding carboxylic acids is 3. The highest BCUT2D eigenvalue weighted by atomic mass is 16.3. The van der Waals surface area contributed by atoms with Gasteiger partial charge in [-0.05, 0) is 74.9 Å². The first kappa shape index (κ1) is 35.9. The van der Waals surface area contributed by atoms with Crippen molar-refractivity contribution in [3.63, 3.8) is 0 Å². The predicted molar refractivity (Wildman–Crippen MR) is 190 cm³/mol. The van der Waals surface area contributed by atoms with Crippen LogP contribution in [-0.4, -0.2) is 63.1 Å². The number of amides is 3. The molecule has 2 unspecified atom stereocenters. The standard InChI is InChI=1S/C40H47N3O5/c1-27-33(17-12-18-36(27)45)38(47)41-34(25-29-13-8-6-9-14-29)37(46)23-24-43(28(2)44)35(39(48)42-40(3,4)5)26-30-19-21-32(22-20-30)31-15-10-7-11-16-31/h6-22,34-35,37,45-46H,23-26H2,1-5H3,(H,41,47)(H,42,48)/t34-,35?,37?/m0/s1. The molecule has 0 aliphatic carbocycles. The first-order chi connectivity index (χ1) is 22.8. The fourth-order valence-electron chi connectivity index (χ4n) is 5.76. The van der Waals surface area contributed by atoms with Crippen LogP contribution in [0.2, 0.25) is 0 Å². The van der Waals surface area contributed by atoms with Crippen LogP contribution in [0.4, 0.5) is 0 Å². The van der Waals surface area contributed by atoms with Gasteiger partial charge in [-0.2, -0.15) is 0 Å². The van der Waals surface area contributed by atoms with E-state index in [0.29, 0.717) is 17.5 Å². The second kappa shape index (κ2) is 16.2. The molecule has 4 N–H and O–H groups in total. The zero-order chi connectivity index (χ0) is 34.8. The van der Waals surface area contributed by atoms with Gasteiger partial charge >= 0.3 is 0 Å². The summed E-state index contributed by atoms with van der Waals surface area (Å²) in [5.41, 5.74) is 4.17. The molecule has 0 heterocycles. The predicted octanol–water partition coefficient (Wildman–Crippen LogP) is 5.83. The number of aliphatic hydroxyl groups excluding tert-OH is 1. The van der Waals surface area contributed by atoms with Gasteiger partial charge in [0.2, 0.25) is 11.8 Å². The molecule has 0 bridgehead atoms. The number of carbonyl (C=O) groups is 3. The number of nitrogens with zero attached hydrogens (tertiary/aromatic N) is 1. The van der Waals surface area contributed by atoms with Crippen LogP contribution in [0.15, 0.2) is 103 Å². The first-order valence-electron chi connectivity index (χ1n) is 16.4. The fourth-order valence-corrected chi connectivity index (χ4v) is 5.76. The molecule has 0 aliphatic rings. The highest BCUT2D eigenvalue weighted by Crippen LogP contribution is 2.23. The SMILES string of the molecule is CC(=O)N(CCC(O)[C@H](Cc1ccccc1)NC(=O)c1cccc(O)c1C)C(Cc1ccc(-c2ccccc2)cc1)C(=O)NC(C)(C)C. The molecule has 3 atom stereocenters. The molecular formula is C40H47N3O5. The Bertz CT molecular complexity index is 1670. The number of aliphatic hydroxyl groups is 1. The Kier molecular flexibility index (Phi) is 12.1. The Morgan fingerprint density at radius 3 is 1.96 bits per heavy atom. The molecule has 48 heavy (non-hydrogen) atoms. The average molecular weight is 650 g/mol. The Hall–Kier alpha value is -4.95. The van der Waals surface area contributed by atoms with Crippen molar-refractivity contribution in [3.8, 4) is 16.9 Å². The number of nitrogens with one attached hydrogen (secondary N) is 2. The third-order valence-electron chi connectivity index (χ3n) is 8.37. The van der Waals surface area contributed by atoms with Crippen molar-refractivity contribution < 1.29 is 24.6 Å². The summed E-state index contributed by atoms with van der Waals surface area (Å²) in [5.74, 6) is -0.994. The molecule has 4 aromatic rings. The summed E-state index contributed by atoms with van der Waals surface area (Å²) in [6, 6.07) is 30.7. The van der Waals surface area contributed by atoms with E-state index in [1.54, 1.807) is 19.1 Å². The van der Waals surface area contributed by atoms with Crippen molar-refractivity contribution in [2.75, 3.05) is 6.54 Å². The van der Waals surface area contributed by atoms with Crippen molar-refractivity contribution in [2.24, 2.45) is 0 Å². The number of benzene rings is 4. The van der Waals surface area contributed by atoms with Crippen molar-refractivity contribution >= 4 is 17.7 Å². The molecule has 8 nitrogen and oxygen atoms in total. The molecule has 0 radical (unpaired) electrons. The van der Waals surface area contributed by atoms with Gasteiger partial charge in [-0.15, -0.1) is 0 Å². The minimum Gasteiger partial charge on any atom is -0.508 e. The highest BCUT2D eigenvalue weighted by Gasteiger charge is 2.32. The number of hydrogen-bond acceptors (Lipinski definition) is 5. The molecule has 3 amide bonds. The van der Waals surface area contributed by atoms with Gasteiger partial charge in [-0.3, -0.25) is 14.4 Å². The van der Waals surface area contributed by atoms with Crippen LogP contribution < -0.4 is 10.6 Å². The molecule has 0 aliphatic heterocycles. The van der Waals surface area contributed by atoms with Crippen molar-refractivity contribution in [3.05, 3.63) is 125 Å². The van der Waals surface area contributed by atoms with Gasteiger partial charge in [0.25, 0.3) is 5.91 Å². The largest absolute Gasteiger partial charge is 0.508 e. The summed E-state index contributed by atoms with van der Waals surface area (Å²) < 4.78 is 0. The smallest absolute Gasteiger partial charge is 0.252 e. The average Bonchev–Trinajstić information content (AvgIpc) is 3.05. The molecule has 252 valence electrons. The maximum atomic E-state index is 13.7. The van der Waals surface area contributed by atoms with E-state index >= 15 is 0 Å². The monoisotopic (exact) mass is 649 g/mol. The van der Waals surface area contributed by atoms with Gasteiger partial charge in [-0.1, -0.05) is 91.0 Å². The Labute approximate surface area is 283 Å². The third kappa shape index (κ3) is 10.0. The van der Waals surface area contributed by atoms with E-state index in [0.717, 1.165) is 22.3 Å². The van der Waals surface area contributed by atoms with Gasteiger partial charge in [0.05, 0.1) is 12.1 Å². The number of hydrogen-bond donors (Lipinski definition) is 4. The molecule has 0 aromatic heterocycles. The second-order valence-electron chi connectivity index (χ2n) is 13.3. The summed E-state index contributed by atoms with van der Waals surface area (Å²) in [7, 11) is 0. The van der Waals surface area contributed by atoms with Crippen molar-refractivity contribution in [1.82, 2.24) is 15.5 Å². The third-order valence-corrected chi connectivity index (χ3v) is 8.37. The van der Waals surface area contributed by atoms with Crippen LogP contribution in [0, 0.1) is 6.92 Å². The molecule has 0 saturated carbocycles. The number of aromatic hydroxyl groups is 1. The van der Waals surface area contributed by atoms with E-state index in [9.17, 15) is 24.6 Å². The number of phenols is 1. The van der Waals surface area contributed by atoms with E-state index in [4.69, 9.17) is 0 Å². The quantitative estimate of drug-likeness (QED) is 0.145. The maximum Gasteiger partial charge on any atom is 0.252 e. The van der Waals surface area contributed by atoms with E-state index in [1.165, 1.54) is 17.9 Å². The minimum absolute atomic E-state index is 0.00851. The lowest BCUT2D eigenvalue weighted by atomic mass is 9.96. The van der Waals surface area contributed by atoms with E-state index in [-0.39, 0.29) is 37.0 Å². The Morgan fingerprint density at radius 2 is 1.35 bits per heavy atom. The highest BCUT2D eigenvalue weighted by molar-refractivity contribution is 5.96. The fraction of sp³-hybridized carbons (Fsp3) is 0.325. The van der Waals surface area contributed by atoms with Crippen molar-refractivity contribution in [2.45, 2.75) is 77.6 Å². The second-order valence-corrected chi connectivity index (χ2v) is 13.3. The van der Waals surface area contributed by atoms with E-state index in [1.807, 2.05) is 106 Å². The molecular weight excluding hydrogens is 602 g/mol. The van der Waals surface area contributed by atoms with E-state index in [2.05, 4.69) is 10.6 Å². The van der Waals surface area contributed by atoms with Gasteiger partial charge in [0.15, 0.2) is 0 Å². The topological polar surface area (TPSA) is 119 Å². The summed E-state index contributed by atoms with van der Waals surface area (Å²) in [5, 5.41) is 27.7. The summed E-state index contributed by atoms with van der Waals surface area (Å²) >= 11 is 0. The van der Waals surface area contributed by atoms with Gasteiger partial charge < -0.3 is 25.7 Å². The van der Waals surface area contributed by atoms with E-state index < -0.39 is 29.6 Å². The van der Waals surface area contributed by atoms with Crippen LogP contribution >= 0.6 is 0 Å². The maximum absolute atomic E-state index is 13.7. The van der Waals surface area contributed by atoms with Crippen molar-refractivity contribution in [1.29, 1.82) is 0 Å². The van der Waals surface area contributed by atoms with Crippen LogP contribution in [0.3, 0.4) is 0 Å².